The van der Waals surface area contributed by atoms with E-state index in [1.807, 2.05) is 68.7 Å². The summed E-state index contributed by atoms with van der Waals surface area (Å²) < 4.78 is 0. The lowest BCUT2D eigenvalue weighted by Gasteiger charge is -2.06. The van der Waals surface area contributed by atoms with Gasteiger partial charge in [-0.25, -0.2) is 0 Å². The van der Waals surface area contributed by atoms with E-state index in [4.69, 9.17) is 0 Å². The number of hydrogen-bond donors (Lipinski definition) is 1. The van der Waals surface area contributed by atoms with Crippen molar-refractivity contribution in [1.82, 2.24) is 5.32 Å². The van der Waals surface area contributed by atoms with Gasteiger partial charge in [-0.05, 0) is 26.1 Å². The minimum atomic E-state index is 0.109. The third-order valence-corrected chi connectivity index (χ3v) is 2.68. The molecular formula is C17H21NO. The zero-order valence-electron chi connectivity index (χ0n) is 11.8. The largest absolute Gasteiger partial charge is 0.323 e. The van der Waals surface area contributed by atoms with Crippen LogP contribution in [-0.4, -0.2) is 19.9 Å². The molecule has 0 heterocycles. The molecule has 2 aromatic rings. The van der Waals surface area contributed by atoms with Gasteiger partial charge in [0, 0.05) is 11.1 Å². The van der Waals surface area contributed by atoms with E-state index in [-0.39, 0.29) is 5.78 Å². The molecule has 100 valence electrons. The van der Waals surface area contributed by atoms with Crippen LogP contribution in [0.25, 0.3) is 0 Å². The Kier molecular flexibility index (Phi) is 6.55. The minimum Gasteiger partial charge on any atom is -0.323 e. The Hall–Kier alpha value is -1.93. The number of aryl methyl sites for hydroxylation is 1. The lowest BCUT2D eigenvalue weighted by Crippen LogP contribution is -2.04. The second-order valence-corrected chi connectivity index (χ2v) is 4.21. The molecule has 1 N–H and O–H groups in total. The highest BCUT2D eigenvalue weighted by molar-refractivity contribution is 6.09. The van der Waals surface area contributed by atoms with Crippen molar-refractivity contribution in [2.75, 3.05) is 14.1 Å². The summed E-state index contributed by atoms with van der Waals surface area (Å²) in [5.41, 5.74) is 2.68. The Labute approximate surface area is 115 Å². The normalized spacial score (nSPS) is 9.42. The van der Waals surface area contributed by atoms with Gasteiger partial charge < -0.3 is 5.32 Å². The zero-order chi connectivity index (χ0) is 14.1. The fraction of sp³-hybridized carbons (Fsp3) is 0.235. The number of hydrogen-bond acceptors (Lipinski definition) is 2. The highest BCUT2D eigenvalue weighted by Gasteiger charge is 2.11. The Balaban J connectivity index is 0.000000550. The Morgan fingerprint density at radius 1 is 0.947 bits per heavy atom. The van der Waals surface area contributed by atoms with Gasteiger partial charge >= 0.3 is 0 Å². The number of carbonyl (C=O) groups excluding carboxylic acids is 1. The van der Waals surface area contributed by atoms with Crippen molar-refractivity contribution >= 4 is 5.78 Å². The number of carbonyl (C=O) groups is 1. The van der Waals surface area contributed by atoms with E-state index >= 15 is 0 Å². The van der Waals surface area contributed by atoms with Gasteiger partial charge in [0.1, 0.15) is 0 Å². The minimum absolute atomic E-state index is 0.109. The van der Waals surface area contributed by atoms with Crippen molar-refractivity contribution in [3.63, 3.8) is 0 Å². The highest BCUT2D eigenvalue weighted by atomic mass is 16.1. The first-order valence-electron chi connectivity index (χ1n) is 6.50. The van der Waals surface area contributed by atoms with Gasteiger partial charge in [0.15, 0.2) is 5.78 Å². The fourth-order valence-corrected chi connectivity index (χ4v) is 1.80. The van der Waals surface area contributed by atoms with E-state index in [0.717, 1.165) is 23.1 Å². The molecule has 0 saturated carbocycles. The lowest BCUT2D eigenvalue weighted by atomic mass is 9.97. The van der Waals surface area contributed by atoms with Crippen LogP contribution >= 0.6 is 0 Å². The number of benzene rings is 2. The molecule has 2 aromatic carbocycles. The Morgan fingerprint density at radius 3 is 2.05 bits per heavy atom. The van der Waals surface area contributed by atoms with Crippen LogP contribution in [0.5, 0.6) is 0 Å². The third kappa shape index (κ3) is 4.34. The van der Waals surface area contributed by atoms with Crippen LogP contribution in [0.4, 0.5) is 0 Å². The molecular weight excluding hydrogens is 234 g/mol. The Bertz CT molecular complexity index is 506. The van der Waals surface area contributed by atoms with Gasteiger partial charge in [-0.15, -0.1) is 0 Å². The van der Waals surface area contributed by atoms with E-state index in [1.54, 1.807) is 0 Å². The predicted molar refractivity (Wildman–Crippen MR) is 80.7 cm³/mol. The van der Waals surface area contributed by atoms with Gasteiger partial charge in [-0.2, -0.15) is 0 Å². The van der Waals surface area contributed by atoms with Gasteiger partial charge in [-0.1, -0.05) is 61.5 Å². The Morgan fingerprint density at radius 2 is 1.47 bits per heavy atom. The van der Waals surface area contributed by atoms with Crippen molar-refractivity contribution in [3.8, 4) is 0 Å². The highest BCUT2D eigenvalue weighted by Crippen LogP contribution is 2.14. The molecule has 0 atom stereocenters. The van der Waals surface area contributed by atoms with E-state index in [1.165, 1.54) is 0 Å². The monoisotopic (exact) mass is 255 g/mol. The molecule has 0 bridgehead atoms. The smallest absolute Gasteiger partial charge is 0.193 e. The summed E-state index contributed by atoms with van der Waals surface area (Å²) >= 11 is 0. The maximum absolute atomic E-state index is 12.2. The summed E-state index contributed by atoms with van der Waals surface area (Å²) in [5.74, 6) is 0.109. The molecule has 0 spiro atoms. The van der Waals surface area contributed by atoms with Gasteiger partial charge in [0.05, 0.1) is 0 Å². The summed E-state index contributed by atoms with van der Waals surface area (Å²) in [4.78, 5) is 12.2. The molecule has 0 aliphatic heterocycles. The topological polar surface area (TPSA) is 29.1 Å². The first-order valence-corrected chi connectivity index (χ1v) is 6.50. The summed E-state index contributed by atoms with van der Waals surface area (Å²) in [6, 6.07) is 17.2. The molecule has 0 aliphatic carbocycles. The average molecular weight is 255 g/mol. The quantitative estimate of drug-likeness (QED) is 0.852. The second kappa shape index (κ2) is 8.22. The van der Waals surface area contributed by atoms with Crippen molar-refractivity contribution in [2.45, 2.75) is 13.3 Å². The van der Waals surface area contributed by atoms with E-state index < -0.39 is 0 Å². The second-order valence-electron chi connectivity index (χ2n) is 4.21. The zero-order valence-corrected chi connectivity index (χ0v) is 11.8. The van der Waals surface area contributed by atoms with Crippen LogP contribution in [0.1, 0.15) is 28.4 Å². The van der Waals surface area contributed by atoms with Crippen molar-refractivity contribution in [2.24, 2.45) is 0 Å². The van der Waals surface area contributed by atoms with Crippen LogP contribution in [0.2, 0.25) is 0 Å². The van der Waals surface area contributed by atoms with Crippen LogP contribution in [-0.2, 0) is 6.42 Å². The van der Waals surface area contributed by atoms with E-state index in [9.17, 15) is 4.79 Å². The summed E-state index contributed by atoms with van der Waals surface area (Å²) in [6.45, 7) is 2.07. The third-order valence-electron chi connectivity index (χ3n) is 2.68. The maximum atomic E-state index is 12.2. The molecule has 0 amide bonds. The molecule has 0 unspecified atom stereocenters. The van der Waals surface area contributed by atoms with E-state index in [2.05, 4.69) is 12.2 Å². The molecule has 2 rings (SSSR count). The van der Waals surface area contributed by atoms with Crippen LogP contribution in [0, 0.1) is 0 Å². The first kappa shape index (κ1) is 15.1. The molecule has 2 heteroatoms. The first-order chi connectivity index (χ1) is 9.24. The number of ketones is 1. The van der Waals surface area contributed by atoms with Crippen molar-refractivity contribution in [1.29, 1.82) is 0 Å². The molecule has 0 aromatic heterocycles. The molecule has 19 heavy (non-hydrogen) atoms. The van der Waals surface area contributed by atoms with Crippen LogP contribution in [0.15, 0.2) is 54.6 Å². The molecule has 0 fully saturated rings. The fourth-order valence-electron chi connectivity index (χ4n) is 1.80. The van der Waals surface area contributed by atoms with Gasteiger partial charge in [0.2, 0.25) is 0 Å². The summed E-state index contributed by atoms with van der Waals surface area (Å²) in [5, 5.41) is 2.75. The van der Waals surface area contributed by atoms with E-state index in [0.29, 0.717) is 0 Å². The van der Waals surface area contributed by atoms with Crippen molar-refractivity contribution < 1.29 is 4.79 Å². The molecule has 2 nitrogen and oxygen atoms in total. The van der Waals surface area contributed by atoms with Crippen LogP contribution in [0.3, 0.4) is 0 Å². The average Bonchev–Trinajstić information content (AvgIpc) is 2.48. The SMILES string of the molecule is CCc1ccccc1C(=O)c1ccccc1.CNC. The van der Waals surface area contributed by atoms with Gasteiger partial charge in [0.25, 0.3) is 0 Å². The summed E-state index contributed by atoms with van der Waals surface area (Å²) in [7, 11) is 3.75. The summed E-state index contributed by atoms with van der Waals surface area (Å²) in [6.07, 6.45) is 0.884. The maximum Gasteiger partial charge on any atom is 0.193 e. The standard InChI is InChI=1S/C15H14O.C2H7N/c1-2-12-8-6-7-11-14(12)15(16)13-9-4-3-5-10-13;1-3-2/h3-11H,2H2,1H3;3H,1-2H3. The van der Waals surface area contributed by atoms with Crippen LogP contribution < -0.4 is 5.32 Å². The molecule has 0 aliphatic rings. The molecule has 0 saturated heterocycles. The number of rotatable bonds is 3. The van der Waals surface area contributed by atoms with Crippen molar-refractivity contribution in [3.05, 3.63) is 71.3 Å². The predicted octanol–water partition coefficient (Wildman–Crippen LogP) is 3.32. The molecule has 0 radical (unpaired) electrons. The van der Waals surface area contributed by atoms with Gasteiger partial charge in [-0.3, -0.25) is 4.79 Å². The number of nitrogens with one attached hydrogen (secondary N) is 1. The lowest BCUT2D eigenvalue weighted by molar-refractivity contribution is 0.103.